The lowest BCUT2D eigenvalue weighted by atomic mass is 10.1. The standard InChI is InChI=1S/C21H24FN7O.ClH/c1-14-23-13-18(28(14)3)19-17(22)12-24-21(26-19)25-16-6-4-15(5-7-16)20(30)29-10-8-27(2)9-11-29;/h4-7,12-13H,8-11H2,1-3H3,(H,24,25,26);1H. The van der Waals surface area contributed by atoms with Crippen molar-refractivity contribution in [3.05, 3.63) is 53.9 Å². The topological polar surface area (TPSA) is 79.2 Å². The van der Waals surface area contributed by atoms with Crippen molar-refractivity contribution in [2.75, 3.05) is 38.5 Å². The predicted molar refractivity (Wildman–Crippen MR) is 119 cm³/mol. The molecule has 4 rings (SSSR count). The highest BCUT2D eigenvalue weighted by Gasteiger charge is 2.20. The normalized spacial score (nSPS) is 14.3. The van der Waals surface area contributed by atoms with Gasteiger partial charge in [0.05, 0.1) is 18.1 Å². The molecule has 0 aliphatic carbocycles. The van der Waals surface area contributed by atoms with Gasteiger partial charge in [-0.25, -0.2) is 19.3 Å². The van der Waals surface area contributed by atoms with Crippen LogP contribution in [-0.2, 0) is 7.05 Å². The molecule has 1 fully saturated rings. The van der Waals surface area contributed by atoms with Gasteiger partial charge < -0.3 is 19.7 Å². The van der Waals surface area contributed by atoms with E-state index in [1.54, 1.807) is 35.0 Å². The van der Waals surface area contributed by atoms with E-state index in [1.165, 1.54) is 0 Å². The van der Waals surface area contributed by atoms with Crippen LogP contribution in [0.15, 0.2) is 36.7 Å². The van der Waals surface area contributed by atoms with Gasteiger partial charge >= 0.3 is 0 Å². The fraction of sp³-hybridized carbons (Fsp3) is 0.333. The molecule has 31 heavy (non-hydrogen) atoms. The SMILES string of the molecule is Cc1ncc(-c2nc(Nc3ccc(C(=O)N4CCN(C)CC4)cc3)ncc2F)n1C.Cl. The van der Waals surface area contributed by atoms with E-state index in [1.807, 2.05) is 18.9 Å². The summed E-state index contributed by atoms with van der Waals surface area (Å²) in [6, 6.07) is 7.14. The van der Waals surface area contributed by atoms with E-state index in [-0.39, 0.29) is 30.0 Å². The van der Waals surface area contributed by atoms with Crippen LogP contribution in [0, 0.1) is 12.7 Å². The van der Waals surface area contributed by atoms with Crippen LogP contribution in [0.5, 0.6) is 0 Å². The fourth-order valence-electron chi connectivity index (χ4n) is 3.35. The lowest BCUT2D eigenvalue weighted by Gasteiger charge is -2.32. The van der Waals surface area contributed by atoms with Crippen molar-refractivity contribution in [2.24, 2.45) is 7.05 Å². The summed E-state index contributed by atoms with van der Waals surface area (Å²) < 4.78 is 16.1. The first-order valence-corrected chi connectivity index (χ1v) is 9.78. The van der Waals surface area contributed by atoms with E-state index >= 15 is 0 Å². The Hall–Kier alpha value is -3.04. The molecule has 164 valence electrons. The second kappa shape index (κ2) is 9.40. The van der Waals surface area contributed by atoms with Crippen LogP contribution in [0.1, 0.15) is 16.2 Å². The fourth-order valence-corrected chi connectivity index (χ4v) is 3.35. The minimum atomic E-state index is -0.517. The first-order chi connectivity index (χ1) is 14.4. The highest BCUT2D eigenvalue weighted by molar-refractivity contribution is 5.94. The molecular weight excluding hydrogens is 421 g/mol. The van der Waals surface area contributed by atoms with Crippen molar-refractivity contribution in [3.8, 4) is 11.4 Å². The highest BCUT2D eigenvalue weighted by Crippen LogP contribution is 2.23. The molecule has 0 radical (unpaired) electrons. The number of carbonyl (C=O) groups is 1. The highest BCUT2D eigenvalue weighted by atomic mass is 35.5. The lowest BCUT2D eigenvalue weighted by Crippen LogP contribution is -2.47. The number of aromatic nitrogens is 4. The van der Waals surface area contributed by atoms with Crippen molar-refractivity contribution >= 4 is 29.9 Å². The number of amides is 1. The summed E-state index contributed by atoms with van der Waals surface area (Å²) >= 11 is 0. The summed E-state index contributed by atoms with van der Waals surface area (Å²) in [4.78, 5) is 29.3. The van der Waals surface area contributed by atoms with E-state index in [2.05, 4.69) is 32.2 Å². The molecule has 8 nitrogen and oxygen atoms in total. The molecule has 1 amide bonds. The third-order valence-corrected chi connectivity index (χ3v) is 5.39. The molecule has 1 N–H and O–H groups in total. The Bertz CT molecular complexity index is 1060. The number of carbonyl (C=O) groups excluding carboxylic acids is 1. The van der Waals surface area contributed by atoms with Crippen molar-refractivity contribution < 1.29 is 9.18 Å². The second-order valence-electron chi connectivity index (χ2n) is 7.44. The Labute approximate surface area is 186 Å². The van der Waals surface area contributed by atoms with E-state index in [9.17, 15) is 9.18 Å². The van der Waals surface area contributed by atoms with E-state index < -0.39 is 5.82 Å². The van der Waals surface area contributed by atoms with E-state index in [0.717, 1.165) is 38.2 Å². The number of piperazine rings is 1. The summed E-state index contributed by atoms with van der Waals surface area (Å²) in [6.45, 7) is 5.06. The number of nitrogens with zero attached hydrogens (tertiary/aromatic N) is 6. The first kappa shape index (κ1) is 22.6. The minimum absolute atomic E-state index is 0. The molecule has 0 spiro atoms. The smallest absolute Gasteiger partial charge is 0.253 e. The third kappa shape index (κ3) is 4.83. The summed E-state index contributed by atoms with van der Waals surface area (Å²) in [7, 11) is 3.86. The Morgan fingerprint density at radius 1 is 1.03 bits per heavy atom. The second-order valence-corrected chi connectivity index (χ2v) is 7.44. The number of imidazole rings is 1. The largest absolute Gasteiger partial charge is 0.336 e. The maximum atomic E-state index is 14.3. The van der Waals surface area contributed by atoms with Crippen LogP contribution >= 0.6 is 12.4 Å². The zero-order valence-electron chi connectivity index (χ0n) is 17.7. The van der Waals surface area contributed by atoms with Gasteiger partial charge in [0.2, 0.25) is 5.95 Å². The molecule has 2 aromatic heterocycles. The Balaban J connectivity index is 0.00000272. The number of rotatable bonds is 4. The number of aryl methyl sites for hydroxylation is 1. The number of benzene rings is 1. The number of anilines is 2. The van der Waals surface area contributed by atoms with Crippen LogP contribution in [-0.4, -0.2) is 68.5 Å². The number of halogens is 2. The Kier molecular flexibility index (Phi) is 6.87. The molecule has 10 heteroatoms. The molecule has 0 atom stereocenters. The van der Waals surface area contributed by atoms with Crippen molar-refractivity contribution in [2.45, 2.75) is 6.92 Å². The minimum Gasteiger partial charge on any atom is -0.336 e. The molecule has 0 unspecified atom stereocenters. The van der Waals surface area contributed by atoms with Gasteiger partial charge in [-0.05, 0) is 38.2 Å². The van der Waals surface area contributed by atoms with Crippen molar-refractivity contribution in [1.29, 1.82) is 0 Å². The Morgan fingerprint density at radius 2 is 1.71 bits per heavy atom. The lowest BCUT2D eigenvalue weighted by molar-refractivity contribution is 0.0664. The summed E-state index contributed by atoms with van der Waals surface area (Å²) in [5, 5.41) is 3.07. The van der Waals surface area contributed by atoms with Gasteiger partial charge in [-0.15, -0.1) is 12.4 Å². The number of likely N-dealkylation sites (N-methyl/N-ethyl adjacent to an activating group) is 1. The maximum absolute atomic E-state index is 14.3. The van der Waals surface area contributed by atoms with Crippen molar-refractivity contribution in [3.63, 3.8) is 0 Å². The van der Waals surface area contributed by atoms with Crippen LogP contribution in [0.25, 0.3) is 11.4 Å². The van der Waals surface area contributed by atoms with Crippen LogP contribution in [0.2, 0.25) is 0 Å². The molecule has 1 aliphatic heterocycles. The molecule has 3 aromatic rings. The van der Waals surface area contributed by atoms with Crippen LogP contribution < -0.4 is 5.32 Å². The Morgan fingerprint density at radius 3 is 2.32 bits per heavy atom. The third-order valence-electron chi connectivity index (χ3n) is 5.39. The maximum Gasteiger partial charge on any atom is 0.253 e. The molecule has 1 aromatic carbocycles. The van der Waals surface area contributed by atoms with Gasteiger partial charge in [-0.1, -0.05) is 0 Å². The van der Waals surface area contributed by atoms with Gasteiger partial charge in [0.1, 0.15) is 11.5 Å². The first-order valence-electron chi connectivity index (χ1n) is 9.78. The van der Waals surface area contributed by atoms with Gasteiger partial charge in [0, 0.05) is 44.5 Å². The molecule has 3 heterocycles. The van der Waals surface area contributed by atoms with Gasteiger partial charge in [0.25, 0.3) is 5.91 Å². The van der Waals surface area contributed by atoms with Gasteiger partial charge in [-0.2, -0.15) is 0 Å². The monoisotopic (exact) mass is 445 g/mol. The van der Waals surface area contributed by atoms with Crippen LogP contribution in [0.3, 0.4) is 0 Å². The van der Waals surface area contributed by atoms with Crippen molar-refractivity contribution in [1.82, 2.24) is 29.3 Å². The van der Waals surface area contributed by atoms with Crippen LogP contribution in [0.4, 0.5) is 16.0 Å². The molecule has 1 saturated heterocycles. The number of nitrogens with one attached hydrogen (secondary N) is 1. The number of hydrogen-bond acceptors (Lipinski definition) is 6. The van der Waals surface area contributed by atoms with E-state index in [4.69, 9.17) is 0 Å². The molecule has 0 bridgehead atoms. The molecule has 1 aliphatic rings. The predicted octanol–water partition coefficient (Wildman–Crippen LogP) is 2.88. The molecular formula is C21H25ClFN7O. The number of hydrogen-bond donors (Lipinski definition) is 1. The zero-order valence-corrected chi connectivity index (χ0v) is 18.5. The zero-order chi connectivity index (χ0) is 21.3. The van der Waals surface area contributed by atoms with Gasteiger partial charge in [-0.3, -0.25) is 4.79 Å². The average molecular weight is 446 g/mol. The summed E-state index contributed by atoms with van der Waals surface area (Å²) in [5.74, 6) is 0.541. The molecule has 0 saturated carbocycles. The van der Waals surface area contributed by atoms with Gasteiger partial charge in [0.15, 0.2) is 5.82 Å². The quantitative estimate of drug-likeness (QED) is 0.665. The summed E-state index contributed by atoms with van der Waals surface area (Å²) in [6.07, 6.45) is 2.72. The summed E-state index contributed by atoms with van der Waals surface area (Å²) in [5.41, 5.74) is 2.10. The van der Waals surface area contributed by atoms with E-state index in [0.29, 0.717) is 16.9 Å². The average Bonchev–Trinajstić information content (AvgIpc) is 3.08.